The Morgan fingerprint density at radius 3 is 2.15 bits per heavy atom. The monoisotopic (exact) mass is 185 g/mol. The predicted octanol–water partition coefficient (Wildman–Crippen LogP) is 2.69. The van der Waals surface area contributed by atoms with Crippen LogP contribution in [0.4, 0.5) is 0 Å². The highest BCUT2D eigenvalue weighted by Gasteiger charge is 2.02. The standard InChI is InChI=1S/C6H7NO2.2C2H6/c1-7-6(8)5-3-2-4-9-5;2*1-2/h2-4H,1H3,(H,7,8);2*1-2H3. The van der Waals surface area contributed by atoms with Gasteiger partial charge in [-0.05, 0) is 12.1 Å². The quantitative estimate of drug-likeness (QED) is 0.731. The van der Waals surface area contributed by atoms with Crippen molar-refractivity contribution in [3.8, 4) is 0 Å². The lowest BCUT2D eigenvalue weighted by Gasteiger charge is -1.90. The smallest absolute Gasteiger partial charge is 0.286 e. The number of hydrogen-bond acceptors (Lipinski definition) is 2. The topological polar surface area (TPSA) is 42.2 Å². The van der Waals surface area contributed by atoms with Crippen LogP contribution >= 0.6 is 0 Å². The second kappa shape index (κ2) is 10.8. The second-order valence-corrected chi connectivity index (χ2v) is 1.56. The Kier molecular flexibility index (Phi) is 11.8. The molecule has 1 aromatic rings. The lowest BCUT2D eigenvalue weighted by atomic mass is 10.4. The van der Waals surface area contributed by atoms with Crippen molar-refractivity contribution in [2.75, 3.05) is 7.05 Å². The number of rotatable bonds is 1. The van der Waals surface area contributed by atoms with Gasteiger partial charge in [-0.1, -0.05) is 27.7 Å². The van der Waals surface area contributed by atoms with Crippen molar-refractivity contribution in [2.24, 2.45) is 0 Å². The van der Waals surface area contributed by atoms with E-state index in [4.69, 9.17) is 4.42 Å². The van der Waals surface area contributed by atoms with E-state index in [1.165, 1.54) is 6.26 Å². The maximum atomic E-state index is 10.7. The molecule has 13 heavy (non-hydrogen) atoms. The van der Waals surface area contributed by atoms with Crippen molar-refractivity contribution in [1.29, 1.82) is 0 Å². The minimum absolute atomic E-state index is 0.194. The largest absolute Gasteiger partial charge is 0.459 e. The number of carbonyl (C=O) groups excluding carboxylic acids is 1. The zero-order chi connectivity index (χ0) is 10.7. The van der Waals surface area contributed by atoms with Crippen LogP contribution in [0.1, 0.15) is 38.2 Å². The molecule has 1 heterocycles. The summed E-state index contributed by atoms with van der Waals surface area (Å²) < 4.78 is 4.77. The summed E-state index contributed by atoms with van der Waals surface area (Å²) in [6, 6.07) is 3.28. The second-order valence-electron chi connectivity index (χ2n) is 1.56. The fraction of sp³-hybridized carbons (Fsp3) is 0.500. The third-order valence-electron chi connectivity index (χ3n) is 0.972. The maximum Gasteiger partial charge on any atom is 0.286 e. The molecule has 1 aromatic heterocycles. The molecule has 3 nitrogen and oxygen atoms in total. The lowest BCUT2D eigenvalue weighted by Crippen LogP contribution is -2.16. The Morgan fingerprint density at radius 1 is 1.31 bits per heavy atom. The van der Waals surface area contributed by atoms with Crippen LogP contribution in [0.3, 0.4) is 0 Å². The minimum Gasteiger partial charge on any atom is -0.459 e. The van der Waals surface area contributed by atoms with E-state index in [1.807, 2.05) is 27.7 Å². The molecule has 76 valence electrons. The van der Waals surface area contributed by atoms with E-state index in [0.29, 0.717) is 5.76 Å². The molecule has 1 amide bonds. The average Bonchev–Trinajstić information content (AvgIpc) is 2.76. The molecule has 1 rings (SSSR count). The number of hydrogen-bond donors (Lipinski definition) is 1. The first-order valence-electron chi connectivity index (χ1n) is 4.60. The number of nitrogens with one attached hydrogen (secondary N) is 1. The van der Waals surface area contributed by atoms with Gasteiger partial charge in [-0.3, -0.25) is 4.79 Å². The van der Waals surface area contributed by atoms with E-state index in [2.05, 4.69) is 5.32 Å². The molecule has 0 saturated heterocycles. The van der Waals surface area contributed by atoms with Crippen LogP contribution in [-0.4, -0.2) is 13.0 Å². The van der Waals surface area contributed by atoms with Crippen molar-refractivity contribution < 1.29 is 9.21 Å². The Morgan fingerprint density at radius 2 is 1.85 bits per heavy atom. The van der Waals surface area contributed by atoms with E-state index in [9.17, 15) is 4.79 Å². The average molecular weight is 185 g/mol. The highest BCUT2D eigenvalue weighted by Crippen LogP contribution is 1.97. The Hall–Kier alpha value is -1.25. The molecule has 0 aliphatic heterocycles. The van der Waals surface area contributed by atoms with Crippen molar-refractivity contribution in [1.82, 2.24) is 5.32 Å². The van der Waals surface area contributed by atoms with Gasteiger partial charge >= 0.3 is 0 Å². The molecule has 0 radical (unpaired) electrons. The van der Waals surface area contributed by atoms with Gasteiger partial charge in [-0.25, -0.2) is 0 Å². The fourth-order valence-electron chi connectivity index (χ4n) is 0.531. The van der Waals surface area contributed by atoms with Gasteiger partial charge in [0.2, 0.25) is 0 Å². The van der Waals surface area contributed by atoms with Gasteiger partial charge in [0.25, 0.3) is 5.91 Å². The lowest BCUT2D eigenvalue weighted by molar-refractivity contribution is 0.0935. The number of amides is 1. The fourth-order valence-corrected chi connectivity index (χ4v) is 0.531. The summed E-state index contributed by atoms with van der Waals surface area (Å²) in [5, 5.41) is 2.43. The summed E-state index contributed by atoms with van der Waals surface area (Å²) in [5.41, 5.74) is 0. The molecular formula is C10H19NO2. The summed E-state index contributed by atoms with van der Waals surface area (Å²) in [5.74, 6) is 0.150. The zero-order valence-electron chi connectivity index (χ0n) is 9.05. The number of carbonyl (C=O) groups is 1. The van der Waals surface area contributed by atoms with E-state index in [0.717, 1.165) is 0 Å². The molecule has 0 saturated carbocycles. The van der Waals surface area contributed by atoms with Crippen LogP contribution in [0.25, 0.3) is 0 Å². The first kappa shape index (κ1) is 14.3. The third kappa shape index (κ3) is 5.96. The maximum absolute atomic E-state index is 10.7. The van der Waals surface area contributed by atoms with Crippen molar-refractivity contribution in [3.05, 3.63) is 24.2 Å². The van der Waals surface area contributed by atoms with Crippen LogP contribution in [0.15, 0.2) is 22.8 Å². The number of furan rings is 1. The molecule has 0 atom stereocenters. The molecule has 0 spiro atoms. The molecule has 3 heteroatoms. The van der Waals surface area contributed by atoms with E-state index in [1.54, 1.807) is 19.2 Å². The molecule has 0 bridgehead atoms. The van der Waals surface area contributed by atoms with Crippen molar-refractivity contribution in [2.45, 2.75) is 27.7 Å². The summed E-state index contributed by atoms with van der Waals surface area (Å²) >= 11 is 0. The highest BCUT2D eigenvalue weighted by molar-refractivity contribution is 5.91. The summed E-state index contributed by atoms with van der Waals surface area (Å²) in [6.45, 7) is 8.00. The SMILES string of the molecule is CC.CC.CNC(=O)c1ccco1. The summed E-state index contributed by atoms with van der Waals surface area (Å²) in [6.07, 6.45) is 1.46. The Bertz CT molecular complexity index is 193. The minimum atomic E-state index is -0.194. The molecule has 0 fully saturated rings. The van der Waals surface area contributed by atoms with Crippen LogP contribution < -0.4 is 5.32 Å². The molecule has 1 N–H and O–H groups in total. The molecule has 0 aliphatic carbocycles. The first-order valence-corrected chi connectivity index (χ1v) is 4.60. The zero-order valence-corrected chi connectivity index (χ0v) is 9.05. The molecular weight excluding hydrogens is 166 g/mol. The van der Waals surface area contributed by atoms with Crippen LogP contribution in [0.5, 0.6) is 0 Å². The molecule has 0 aliphatic rings. The van der Waals surface area contributed by atoms with Gasteiger partial charge in [-0.2, -0.15) is 0 Å². The van der Waals surface area contributed by atoms with E-state index < -0.39 is 0 Å². The van der Waals surface area contributed by atoms with Crippen LogP contribution in [-0.2, 0) is 0 Å². The summed E-state index contributed by atoms with van der Waals surface area (Å²) in [7, 11) is 1.56. The molecule has 0 aromatic carbocycles. The van der Waals surface area contributed by atoms with Gasteiger partial charge in [-0.15, -0.1) is 0 Å². The van der Waals surface area contributed by atoms with Crippen molar-refractivity contribution in [3.63, 3.8) is 0 Å². The van der Waals surface area contributed by atoms with Gasteiger partial charge in [0.05, 0.1) is 6.26 Å². The third-order valence-corrected chi connectivity index (χ3v) is 0.972. The van der Waals surface area contributed by atoms with Crippen molar-refractivity contribution >= 4 is 5.91 Å². The van der Waals surface area contributed by atoms with E-state index >= 15 is 0 Å². The van der Waals surface area contributed by atoms with Crippen LogP contribution in [0, 0.1) is 0 Å². The Labute approximate surface area is 80.1 Å². The Balaban J connectivity index is 0. The van der Waals surface area contributed by atoms with Gasteiger partial charge in [0.15, 0.2) is 5.76 Å². The van der Waals surface area contributed by atoms with Gasteiger partial charge in [0, 0.05) is 7.05 Å². The van der Waals surface area contributed by atoms with E-state index in [-0.39, 0.29) is 5.91 Å². The normalized spacial score (nSPS) is 7.15. The first-order chi connectivity index (χ1) is 6.34. The predicted molar refractivity (Wildman–Crippen MR) is 54.8 cm³/mol. The van der Waals surface area contributed by atoms with Gasteiger partial charge in [0.1, 0.15) is 0 Å². The molecule has 0 unspecified atom stereocenters. The summed E-state index contributed by atoms with van der Waals surface area (Å²) in [4.78, 5) is 10.7. The van der Waals surface area contributed by atoms with Crippen LogP contribution in [0.2, 0.25) is 0 Å². The highest BCUT2D eigenvalue weighted by atomic mass is 16.3. The van der Waals surface area contributed by atoms with Gasteiger partial charge < -0.3 is 9.73 Å².